The second-order valence-corrected chi connectivity index (χ2v) is 3.12. The number of aliphatic imine (C=N–C) groups is 1. The molecule has 0 saturated carbocycles. The molecule has 0 saturated heterocycles. The Kier molecular flexibility index (Phi) is 2.95. The maximum Gasteiger partial charge on any atom is 0.138 e. The monoisotopic (exact) mass is 178 g/mol. The number of hydrogen-bond donors (Lipinski definition) is 0. The number of nitrogens with zero attached hydrogens (tertiary/aromatic N) is 4. The third-order valence-electron chi connectivity index (χ3n) is 1.78. The molecule has 1 aromatic rings. The highest BCUT2D eigenvalue weighted by atomic mass is 15.3. The summed E-state index contributed by atoms with van der Waals surface area (Å²) in [7, 11) is 0. The lowest BCUT2D eigenvalue weighted by Gasteiger charge is -2.04. The molecule has 0 bridgehead atoms. The first-order chi connectivity index (χ1) is 6.15. The van der Waals surface area contributed by atoms with E-state index in [0.717, 1.165) is 11.5 Å². The Morgan fingerprint density at radius 2 is 2.38 bits per heavy atom. The Morgan fingerprint density at radius 3 is 2.77 bits per heavy atom. The summed E-state index contributed by atoms with van der Waals surface area (Å²) in [5.74, 6) is 1.20. The summed E-state index contributed by atoms with van der Waals surface area (Å²) < 4.78 is 1.70. The van der Waals surface area contributed by atoms with Gasteiger partial charge >= 0.3 is 0 Å². The minimum Gasteiger partial charge on any atom is -0.267 e. The van der Waals surface area contributed by atoms with Crippen LogP contribution in [0.25, 0.3) is 6.20 Å². The smallest absolute Gasteiger partial charge is 0.138 e. The van der Waals surface area contributed by atoms with Crippen LogP contribution in [0.4, 0.5) is 0 Å². The van der Waals surface area contributed by atoms with Crippen molar-refractivity contribution in [2.24, 2.45) is 10.9 Å². The predicted octanol–water partition coefficient (Wildman–Crippen LogP) is 1.74. The zero-order chi connectivity index (χ0) is 9.84. The van der Waals surface area contributed by atoms with Crippen LogP contribution in [0.3, 0.4) is 0 Å². The molecule has 0 aliphatic carbocycles. The van der Waals surface area contributed by atoms with Gasteiger partial charge in [-0.2, -0.15) is 5.10 Å². The van der Waals surface area contributed by atoms with Gasteiger partial charge in [0.15, 0.2) is 0 Å². The van der Waals surface area contributed by atoms with Gasteiger partial charge in [-0.15, -0.1) is 0 Å². The molecule has 0 unspecified atom stereocenters. The Labute approximate surface area is 78.0 Å². The zero-order valence-corrected chi connectivity index (χ0v) is 8.23. The van der Waals surface area contributed by atoms with E-state index in [1.54, 1.807) is 4.68 Å². The van der Waals surface area contributed by atoms with Gasteiger partial charge in [0.1, 0.15) is 12.2 Å². The highest BCUT2D eigenvalue weighted by Crippen LogP contribution is 2.11. The van der Waals surface area contributed by atoms with Gasteiger partial charge in [-0.25, -0.2) is 9.67 Å². The molecular weight excluding hydrogens is 164 g/mol. The minimum atomic E-state index is 0.348. The summed E-state index contributed by atoms with van der Waals surface area (Å²) in [6.07, 6.45) is 3.37. The molecule has 1 heterocycles. The molecule has 70 valence electrons. The largest absolute Gasteiger partial charge is 0.267 e. The number of hydrogen-bond acceptors (Lipinski definition) is 3. The molecule has 0 N–H and O–H groups in total. The first-order valence-corrected chi connectivity index (χ1v) is 4.19. The van der Waals surface area contributed by atoms with E-state index >= 15 is 0 Å². The molecule has 4 heteroatoms. The van der Waals surface area contributed by atoms with E-state index in [-0.39, 0.29) is 0 Å². The molecule has 1 rings (SSSR count). The first kappa shape index (κ1) is 9.64. The second kappa shape index (κ2) is 3.98. The van der Waals surface area contributed by atoms with Crippen LogP contribution in [-0.2, 0) is 0 Å². The Balaban J connectivity index is 2.98. The number of aryl methyl sites for hydroxylation is 1. The third-order valence-corrected chi connectivity index (χ3v) is 1.78. The third kappa shape index (κ3) is 2.24. The Bertz CT molecular complexity index is 322. The van der Waals surface area contributed by atoms with Crippen molar-refractivity contribution >= 4 is 12.9 Å². The molecule has 0 fully saturated rings. The van der Waals surface area contributed by atoms with Gasteiger partial charge in [-0.05, 0) is 19.6 Å². The molecule has 13 heavy (non-hydrogen) atoms. The average molecular weight is 178 g/mol. The van der Waals surface area contributed by atoms with E-state index in [0.29, 0.717) is 5.92 Å². The molecule has 0 spiro atoms. The van der Waals surface area contributed by atoms with Crippen molar-refractivity contribution in [1.82, 2.24) is 14.8 Å². The van der Waals surface area contributed by atoms with Gasteiger partial charge in [0, 0.05) is 0 Å². The summed E-state index contributed by atoms with van der Waals surface area (Å²) >= 11 is 0. The molecule has 0 aromatic carbocycles. The van der Waals surface area contributed by atoms with Crippen molar-refractivity contribution in [1.29, 1.82) is 0 Å². The normalized spacial score (nSPS) is 12.2. The van der Waals surface area contributed by atoms with Crippen molar-refractivity contribution in [2.45, 2.75) is 20.8 Å². The van der Waals surface area contributed by atoms with Crippen LogP contribution in [0.5, 0.6) is 0 Å². The quantitative estimate of drug-likeness (QED) is 0.662. The fraction of sp³-hybridized carbons (Fsp3) is 0.444. The maximum absolute atomic E-state index is 4.03. The van der Waals surface area contributed by atoms with E-state index in [1.807, 2.05) is 13.1 Å². The van der Waals surface area contributed by atoms with E-state index in [2.05, 4.69) is 35.6 Å². The van der Waals surface area contributed by atoms with Gasteiger partial charge in [0.2, 0.25) is 0 Å². The summed E-state index contributed by atoms with van der Waals surface area (Å²) in [6, 6.07) is 0. The number of rotatable bonds is 3. The van der Waals surface area contributed by atoms with Crippen LogP contribution in [0.2, 0.25) is 0 Å². The zero-order valence-electron chi connectivity index (χ0n) is 8.23. The van der Waals surface area contributed by atoms with Crippen molar-refractivity contribution in [2.75, 3.05) is 0 Å². The molecule has 1 aromatic heterocycles. The summed E-state index contributed by atoms with van der Waals surface area (Å²) in [4.78, 5) is 7.93. The van der Waals surface area contributed by atoms with Crippen LogP contribution in [0.1, 0.15) is 19.7 Å². The lowest BCUT2D eigenvalue weighted by molar-refractivity contribution is 0.751. The molecule has 0 aliphatic heterocycles. The van der Waals surface area contributed by atoms with E-state index in [9.17, 15) is 0 Å². The summed E-state index contributed by atoms with van der Waals surface area (Å²) in [5, 5.41) is 4.03. The highest BCUT2D eigenvalue weighted by molar-refractivity contribution is 5.38. The standard InChI is InChI=1S/C9H14N4/c1-7(2)9(10-4)5-13-8(3)11-6-12-13/h5-7H,4H2,1-3H3/b9-5-. The van der Waals surface area contributed by atoms with Crippen molar-refractivity contribution < 1.29 is 0 Å². The molecule has 4 nitrogen and oxygen atoms in total. The van der Waals surface area contributed by atoms with Crippen molar-refractivity contribution in [3.05, 3.63) is 17.8 Å². The SMILES string of the molecule is C=N/C(=C\n1ncnc1C)C(C)C. The molecule has 0 aliphatic rings. The van der Waals surface area contributed by atoms with Gasteiger partial charge in [-0.3, -0.25) is 4.99 Å². The summed E-state index contributed by atoms with van der Waals surface area (Å²) in [5.41, 5.74) is 0.911. The van der Waals surface area contributed by atoms with Gasteiger partial charge < -0.3 is 0 Å². The molecule has 0 amide bonds. The van der Waals surface area contributed by atoms with Gasteiger partial charge in [-0.1, -0.05) is 13.8 Å². The lowest BCUT2D eigenvalue weighted by atomic mass is 10.1. The van der Waals surface area contributed by atoms with Crippen LogP contribution in [0, 0.1) is 12.8 Å². The van der Waals surface area contributed by atoms with Crippen LogP contribution in [-0.4, -0.2) is 21.5 Å². The highest BCUT2D eigenvalue weighted by Gasteiger charge is 2.01. The predicted molar refractivity (Wildman–Crippen MR) is 53.4 cm³/mol. The topological polar surface area (TPSA) is 43.1 Å². The van der Waals surface area contributed by atoms with E-state index in [4.69, 9.17) is 0 Å². The maximum atomic E-state index is 4.03. The fourth-order valence-electron chi connectivity index (χ4n) is 0.932. The van der Waals surface area contributed by atoms with Crippen LogP contribution < -0.4 is 0 Å². The first-order valence-electron chi connectivity index (χ1n) is 4.19. The second-order valence-electron chi connectivity index (χ2n) is 3.12. The van der Waals surface area contributed by atoms with Crippen molar-refractivity contribution in [3.8, 4) is 0 Å². The van der Waals surface area contributed by atoms with Gasteiger partial charge in [0.05, 0.1) is 11.9 Å². The molecule has 0 atom stereocenters. The molecule has 0 radical (unpaired) electrons. The average Bonchev–Trinajstić information content (AvgIpc) is 2.46. The minimum absolute atomic E-state index is 0.348. The lowest BCUT2D eigenvalue weighted by Crippen LogP contribution is -1.98. The summed E-state index contributed by atoms with van der Waals surface area (Å²) in [6.45, 7) is 9.53. The molecular formula is C9H14N4. The Morgan fingerprint density at radius 1 is 1.69 bits per heavy atom. The Hall–Kier alpha value is -1.45. The van der Waals surface area contributed by atoms with Crippen LogP contribution >= 0.6 is 0 Å². The number of aromatic nitrogens is 3. The van der Waals surface area contributed by atoms with Gasteiger partial charge in [0.25, 0.3) is 0 Å². The van der Waals surface area contributed by atoms with E-state index in [1.165, 1.54) is 6.33 Å². The number of allylic oxidation sites excluding steroid dienone is 1. The fourth-order valence-corrected chi connectivity index (χ4v) is 0.932. The van der Waals surface area contributed by atoms with E-state index < -0.39 is 0 Å². The van der Waals surface area contributed by atoms with Crippen molar-refractivity contribution in [3.63, 3.8) is 0 Å². The van der Waals surface area contributed by atoms with Crippen LogP contribution in [0.15, 0.2) is 17.0 Å².